The lowest BCUT2D eigenvalue weighted by atomic mass is 9.83. The third-order valence-corrected chi connectivity index (χ3v) is 3.45. The van der Waals surface area contributed by atoms with Crippen molar-refractivity contribution < 1.29 is 19.2 Å². The Morgan fingerprint density at radius 2 is 2.22 bits per heavy atom. The number of carboxylic acid groups (broad SMARTS) is 1. The number of rotatable bonds is 6. The third kappa shape index (κ3) is 2.69. The lowest BCUT2D eigenvalue weighted by Crippen LogP contribution is -2.30. The van der Waals surface area contributed by atoms with Crippen LogP contribution in [0.3, 0.4) is 0 Å². The average Bonchev–Trinajstić information content (AvgIpc) is 2.97. The Morgan fingerprint density at radius 1 is 1.50 bits per heavy atom. The maximum Gasteiger partial charge on any atom is 0.310 e. The molecule has 0 saturated heterocycles. The summed E-state index contributed by atoms with van der Waals surface area (Å²) in [6.07, 6.45) is 3.59. The van der Waals surface area contributed by atoms with Crippen LogP contribution in [0.4, 0.5) is 0 Å². The predicted octanol–water partition coefficient (Wildman–Crippen LogP) is 1.79. The fraction of sp³-hybridized carbons (Fsp3) is 0.750. The molecule has 0 aromatic carbocycles. The van der Waals surface area contributed by atoms with Crippen molar-refractivity contribution in [3.63, 3.8) is 0 Å². The zero-order valence-electron chi connectivity index (χ0n) is 10.5. The largest absolute Gasteiger partial charge is 0.481 e. The maximum atomic E-state index is 11.4. The second kappa shape index (κ2) is 5.48. The van der Waals surface area contributed by atoms with Crippen molar-refractivity contribution in [1.29, 1.82) is 0 Å². The van der Waals surface area contributed by atoms with E-state index in [1.807, 2.05) is 6.92 Å². The van der Waals surface area contributed by atoms with Gasteiger partial charge in [0.1, 0.15) is 6.61 Å². The number of nitrogens with zero attached hydrogens (tertiary/aromatic N) is 2. The van der Waals surface area contributed by atoms with Gasteiger partial charge in [0.05, 0.1) is 5.41 Å². The minimum Gasteiger partial charge on any atom is -0.481 e. The van der Waals surface area contributed by atoms with E-state index in [-0.39, 0.29) is 0 Å². The van der Waals surface area contributed by atoms with E-state index in [4.69, 9.17) is 9.26 Å². The van der Waals surface area contributed by atoms with Crippen molar-refractivity contribution in [2.75, 3.05) is 6.61 Å². The van der Waals surface area contributed by atoms with Gasteiger partial charge in [-0.15, -0.1) is 0 Å². The topological polar surface area (TPSA) is 85.5 Å². The number of hydrogen-bond acceptors (Lipinski definition) is 5. The average molecular weight is 254 g/mol. The number of ether oxygens (including phenoxy) is 1. The highest BCUT2D eigenvalue weighted by Gasteiger charge is 2.42. The monoisotopic (exact) mass is 254 g/mol. The summed E-state index contributed by atoms with van der Waals surface area (Å²) in [5, 5.41) is 13.1. The SMILES string of the molecule is CCOCc1noc(CC2(C(=O)O)CCCC2)n1. The first-order valence-corrected chi connectivity index (χ1v) is 6.29. The Balaban J connectivity index is 2.03. The number of aliphatic carboxylic acids is 1. The quantitative estimate of drug-likeness (QED) is 0.833. The van der Waals surface area contributed by atoms with Crippen molar-refractivity contribution in [2.45, 2.75) is 45.6 Å². The summed E-state index contributed by atoms with van der Waals surface area (Å²) in [7, 11) is 0. The summed E-state index contributed by atoms with van der Waals surface area (Å²) in [4.78, 5) is 15.6. The van der Waals surface area contributed by atoms with Crippen LogP contribution in [0, 0.1) is 5.41 Å². The summed E-state index contributed by atoms with van der Waals surface area (Å²) in [6.45, 7) is 2.78. The molecule has 0 radical (unpaired) electrons. The zero-order chi connectivity index (χ0) is 13.0. The molecule has 0 spiro atoms. The standard InChI is InChI=1S/C12H18N2O4/c1-2-17-8-9-13-10(18-14-9)7-12(11(15)16)5-3-4-6-12/h2-8H2,1H3,(H,15,16). The van der Waals surface area contributed by atoms with Gasteiger partial charge < -0.3 is 14.4 Å². The van der Waals surface area contributed by atoms with Crippen LogP contribution in [-0.4, -0.2) is 27.8 Å². The molecule has 1 aromatic rings. The van der Waals surface area contributed by atoms with Gasteiger partial charge >= 0.3 is 5.97 Å². The molecule has 18 heavy (non-hydrogen) atoms. The Bertz CT molecular complexity index is 410. The molecule has 1 saturated carbocycles. The van der Waals surface area contributed by atoms with Crippen LogP contribution >= 0.6 is 0 Å². The normalized spacial score (nSPS) is 18.1. The molecule has 0 amide bonds. The molecule has 2 rings (SSSR count). The van der Waals surface area contributed by atoms with Gasteiger partial charge in [0.2, 0.25) is 5.89 Å². The first-order chi connectivity index (χ1) is 8.66. The van der Waals surface area contributed by atoms with E-state index in [1.54, 1.807) is 0 Å². The molecule has 1 aliphatic carbocycles. The van der Waals surface area contributed by atoms with Crippen LogP contribution in [0.2, 0.25) is 0 Å². The zero-order valence-corrected chi connectivity index (χ0v) is 10.5. The first kappa shape index (κ1) is 13.0. The molecular weight excluding hydrogens is 236 g/mol. The molecule has 0 aliphatic heterocycles. The van der Waals surface area contributed by atoms with Crippen LogP contribution in [0.15, 0.2) is 4.52 Å². The molecule has 100 valence electrons. The summed E-state index contributed by atoms with van der Waals surface area (Å²) in [6, 6.07) is 0. The Morgan fingerprint density at radius 3 is 2.83 bits per heavy atom. The minimum atomic E-state index is -0.760. The minimum absolute atomic E-state index is 0.306. The second-order valence-electron chi connectivity index (χ2n) is 4.71. The highest BCUT2D eigenvalue weighted by molar-refractivity contribution is 5.75. The van der Waals surface area contributed by atoms with Gasteiger partial charge in [-0.2, -0.15) is 4.98 Å². The highest BCUT2D eigenvalue weighted by atomic mass is 16.5. The van der Waals surface area contributed by atoms with E-state index < -0.39 is 11.4 Å². The highest BCUT2D eigenvalue weighted by Crippen LogP contribution is 2.40. The summed E-state index contributed by atoms with van der Waals surface area (Å²) in [5.74, 6) is 0.115. The van der Waals surface area contributed by atoms with Crippen LogP contribution in [0.25, 0.3) is 0 Å². The molecule has 1 aliphatic rings. The Labute approximate surface area is 105 Å². The predicted molar refractivity (Wildman–Crippen MR) is 61.9 cm³/mol. The summed E-state index contributed by atoms with van der Waals surface area (Å²) in [5.41, 5.74) is -0.713. The molecular formula is C12H18N2O4. The van der Waals surface area contributed by atoms with Crippen LogP contribution in [0.5, 0.6) is 0 Å². The first-order valence-electron chi connectivity index (χ1n) is 6.29. The smallest absolute Gasteiger partial charge is 0.310 e. The molecule has 1 aromatic heterocycles. The lowest BCUT2D eigenvalue weighted by molar-refractivity contribution is -0.148. The number of carbonyl (C=O) groups is 1. The molecule has 1 heterocycles. The van der Waals surface area contributed by atoms with Gasteiger partial charge in [-0.05, 0) is 19.8 Å². The van der Waals surface area contributed by atoms with Crippen molar-refractivity contribution in [1.82, 2.24) is 10.1 Å². The van der Waals surface area contributed by atoms with Crippen LogP contribution in [-0.2, 0) is 22.6 Å². The van der Waals surface area contributed by atoms with Crippen LogP contribution < -0.4 is 0 Å². The van der Waals surface area contributed by atoms with Crippen LogP contribution in [0.1, 0.15) is 44.3 Å². The third-order valence-electron chi connectivity index (χ3n) is 3.45. The summed E-state index contributed by atoms with van der Waals surface area (Å²) < 4.78 is 10.3. The van der Waals surface area contributed by atoms with Gasteiger partial charge in [0.15, 0.2) is 5.82 Å². The van der Waals surface area contributed by atoms with Crippen molar-refractivity contribution in [2.24, 2.45) is 5.41 Å². The molecule has 0 atom stereocenters. The van der Waals surface area contributed by atoms with Gasteiger partial charge in [0, 0.05) is 13.0 Å². The van der Waals surface area contributed by atoms with E-state index in [9.17, 15) is 9.90 Å². The second-order valence-corrected chi connectivity index (χ2v) is 4.71. The lowest BCUT2D eigenvalue weighted by Gasteiger charge is -2.21. The molecule has 6 heteroatoms. The van der Waals surface area contributed by atoms with Crippen molar-refractivity contribution in [3.8, 4) is 0 Å². The fourth-order valence-corrected chi connectivity index (χ4v) is 2.42. The molecule has 1 N–H and O–H groups in total. The van der Waals surface area contributed by atoms with E-state index in [0.717, 1.165) is 12.8 Å². The van der Waals surface area contributed by atoms with Gasteiger partial charge in [-0.25, -0.2) is 0 Å². The van der Waals surface area contributed by atoms with E-state index in [1.165, 1.54) is 0 Å². The van der Waals surface area contributed by atoms with Crippen molar-refractivity contribution >= 4 is 5.97 Å². The van der Waals surface area contributed by atoms with Crippen molar-refractivity contribution in [3.05, 3.63) is 11.7 Å². The maximum absolute atomic E-state index is 11.4. The van der Waals surface area contributed by atoms with Gasteiger partial charge in [-0.1, -0.05) is 18.0 Å². The van der Waals surface area contributed by atoms with E-state index in [2.05, 4.69) is 10.1 Å². The molecule has 0 unspecified atom stereocenters. The summed E-state index contributed by atoms with van der Waals surface area (Å²) >= 11 is 0. The van der Waals surface area contributed by atoms with E-state index >= 15 is 0 Å². The molecule has 6 nitrogen and oxygen atoms in total. The Hall–Kier alpha value is -1.43. The fourth-order valence-electron chi connectivity index (χ4n) is 2.42. The number of hydrogen-bond donors (Lipinski definition) is 1. The molecule has 0 bridgehead atoms. The van der Waals surface area contributed by atoms with Gasteiger partial charge in [-0.3, -0.25) is 4.79 Å². The Kier molecular flexibility index (Phi) is 3.96. The van der Waals surface area contributed by atoms with Gasteiger partial charge in [0.25, 0.3) is 0 Å². The number of aromatic nitrogens is 2. The van der Waals surface area contributed by atoms with E-state index in [0.29, 0.717) is 44.2 Å². The molecule has 1 fully saturated rings. The number of carboxylic acids is 1.